The molecule has 1 aromatic rings. The van der Waals surface area contributed by atoms with E-state index in [0.29, 0.717) is 18.5 Å². The van der Waals surface area contributed by atoms with Gasteiger partial charge < -0.3 is 15.1 Å². The molecule has 27 heavy (non-hydrogen) atoms. The van der Waals surface area contributed by atoms with E-state index >= 15 is 0 Å². The van der Waals surface area contributed by atoms with Gasteiger partial charge in [0.05, 0.1) is 0 Å². The molecule has 0 aliphatic carbocycles. The molecule has 7 heteroatoms. The lowest BCUT2D eigenvalue weighted by Gasteiger charge is -2.29. The summed E-state index contributed by atoms with van der Waals surface area (Å²) in [5.74, 6) is -0.749. The molecular formula is C20H28N4O3. The lowest BCUT2D eigenvalue weighted by atomic mass is 10.0. The summed E-state index contributed by atoms with van der Waals surface area (Å²) >= 11 is 0. The number of carbonyl (C=O) groups excluding carboxylic acids is 3. The molecule has 2 N–H and O–H groups in total. The summed E-state index contributed by atoms with van der Waals surface area (Å²) < 4.78 is 0. The van der Waals surface area contributed by atoms with Gasteiger partial charge in [0.15, 0.2) is 0 Å². The number of hydrogen-bond donors (Lipinski definition) is 2. The van der Waals surface area contributed by atoms with Crippen LogP contribution in [0.2, 0.25) is 0 Å². The van der Waals surface area contributed by atoms with Crippen molar-refractivity contribution in [3.8, 4) is 0 Å². The average molecular weight is 372 g/mol. The molecule has 1 aromatic carbocycles. The van der Waals surface area contributed by atoms with Gasteiger partial charge in [-0.15, -0.1) is 0 Å². The zero-order chi connectivity index (χ0) is 19.4. The van der Waals surface area contributed by atoms with Gasteiger partial charge in [0.2, 0.25) is 11.8 Å². The van der Waals surface area contributed by atoms with E-state index in [4.69, 9.17) is 0 Å². The van der Waals surface area contributed by atoms with Crippen LogP contribution in [0.1, 0.15) is 47.2 Å². The van der Waals surface area contributed by atoms with Crippen LogP contribution in [0.25, 0.3) is 0 Å². The number of hydrogen-bond acceptors (Lipinski definition) is 5. The van der Waals surface area contributed by atoms with Crippen molar-refractivity contribution in [2.45, 2.75) is 44.8 Å². The third kappa shape index (κ3) is 4.54. The zero-order valence-electron chi connectivity index (χ0n) is 16.1. The summed E-state index contributed by atoms with van der Waals surface area (Å²) in [5, 5.41) is 5.49. The van der Waals surface area contributed by atoms with E-state index in [2.05, 4.69) is 28.6 Å². The highest BCUT2D eigenvalue weighted by atomic mass is 16.2. The van der Waals surface area contributed by atoms with E-state index in [0.717, 1.165) is 38.0 Å². The maximum absolute atomic E-state index is 12.7. The van der Waals surface area contributed by atoms with Crippen LogP contribution < -0.4 is 10.6 Å². The quantitative estimate of drug-likeness (QED) is 0.523. The normalized spacial score (nSPS) is 19.6. The largest absolute Gasteiger partial charge is 0.322 e. The first-order valence-electron chi connectivity index (χ1n) is 9.59. The fourth-order valence-corrected chi connectivity index (χ4v) is 3.80. The zero-order valence-corrected chi connectivity index (χ0v) is 16.1. The van der Waals surface area contributed by atoms with E-state index < -0.39 is 6.04 Å². The smallest absolute Gasteiger partial charge is 0.255 e. The average Bonchev–Trinajstić information content (AvgIpc) is 2.95. The first-order valence-corrected chi connectivity index (χ1v) is 9.59. The third-order valence-corrected chi connectivity index (χ3v) is 5.26. The first-order chi connectivity index (χ1) is 13.0. The van der Waals surface area contributed by atoms with Crippen LogP contribution in [-0.2, 0) is 22.7 Å². The Morgan fingerprint density at radius 2 is 2.07 bits per heavy atom. The summed E-state index contributed by atoms with van der Waals surface area (Å²) in [6.07, 6.45) is 2.97. The number of nitrogens with zero attached hydrogens (tertiary/aromatic N) is 2. The Morgan fingerprint density at radius 1 is 1.26 bits per heavy atom. The van der Waals surface area contributed by atoms with Crippen LogP contribution >= 0.6 is 0 Å². The number of imide groups is 1. The molecule has 1 fully saturated rings. The fourth-order valence-electron chi connectivity index (χ4n) is 3.80. The number of rotatable bonds is 8. The minimum absolute atomic E-state index is 0.119. The molecule has 0 saturated carbocycles. The summed E-state index contributed by atoms with van der Waals surface area (Å²) in [4.78, 5) is 40.0. The van der Waals surface area contributed by atoms with E-state index in [1.165, 1.54) is 5.56 Å². The van der Waals surface area contributed by atoms with Crippen molar-refractivity contribution in [1.82, 2.24) is 20.4 Å². The summed E-state index contributed by atoms with van der Waals surface area (Å²) in [7, 11) is 4.07. The third-order valence-electron chi connectivity index (χ3n) is 5.26. The molecule has 146 valence electrons. The fraction of sp³-hybridized carbons (Fsp3) is 0.550. The molecule has 0 spiro atoms. The Hall–Kier alpha value is -2.25. The molecule has 0 radical (unpaired) electrons. The summed E-state index contributed by atoms with van der Waals surface area (Å²) in [6, 6.07) is 5.38. The van der Waals surface area contributed by atoms with Crippen LogP contribution in [0.3, 0.4) is 0 Å². The minimum Gasteiger partial charge on any atom is -0.322 e. The van der Waals surface area contributed by atoms with Crippen LogP contribution in [0.5, 0.6) is 0 Å². The summed E-state index contributed by atoms with van der Waals surface area (Å²) in [5.41, 5.74) is 2.80. The molecule has 0 aromatic heterocycles. The number of piperidine rings is 1. The Kier molecular flexibility index (Phi) is 6.23. The Balaban J connectivity index is 1.62. The number of nitrogens with one attached hydrogen (secondary N) is 2. The van der Waals surface area contributed by atoms with Crippen LogP contribution in [0.15, 0.2) is 18.2 Å². The second-order valence-corrected chi connectivity index (χ2v) is 7.44. The van der Waals surface area contributed by atoms with Crippen molar-refractivity contribution >= 4 is 17.7 Å². The van der Waals surface area contributed by atoms with Gasteiger partial charge in [0.25, 0.3) is 5.91 Å². The van der Waals surface area contributed by atoms with E-state index in [1.54, 1.807) is 4.90 Å². The van der Waals surface area contributed by atoms with Gasteiger partial charge in [0.1, 0.15) is 6.04 Å². The second-order valence-electron chi connectivity index (χ2n) is 7.44. The highest BCUT2D eigenvalue weighted by molar-refractivity contribution is 6.05. The molecule has 3 rings (SSSR count). The molecule has 2 heterocycles. The topological polar surface area (TPSA) is 81.8 Å². The van der Waals surface area contributed by atoms with Gasteiger partial charge in [-0.2, -0.15) is 0 Å². The molecule has 2 aliphatic heterocycles. The Labute approximate surface area is 160 Å². The number of amides is 3. The Morgan fingerprint density at radius 3 is 2.81 bits per heavy atom. The molecule has 3 amide bonds. The van der Waals surface area contributed by atoms with Crippen molar-refractivity contribution < 1.29 is 14.4 Å². The predicted molar refractivity (Wildman–Crippen MR) is 102 cm³/mol. The maximum atomic E-state index is 12.7. The summed E-state index contributed by atoms with van der Waals surface area (Å²) in [6.45, 7) is 3.32. The lowest BCUT2D eigenvalue weighted by Crippen LogP contribution is -2.52. The standard InChI is InChI=1S/C20H28N4O3/c1-21-9-3-4-10-23(2)12-14-5-6-16-15(11-14)13-24(20(16)27)17-7-8-18(25)22-19(17)26/h5-6,11,17,21H,3-4,7-10,12-13H2,1-2H3,(H,22,25,26). The van der Waals surface area contributed by atoms with Crippen LogP contribution in [0.4, 0.5) is 0 Å². The van der Waals surface area contributed by atoms with Gasteiger partial charge in [-0.25, -0.2) is 0 Å². The number of carbonyl (C=O) groups is 3. The number of fused-ring (bicyclic) bond motifs is 1. The molecule has 0 bridgehead atoms. The molecule has 2 aliphatic rings. The monoisotopic (exact) mass is 372 g/mol. The van der Waals surface area contributed by atoms with Gasteiger partial charge >= 0.3 is 0 Å². The number of benzene rings is 1. The van der Waals surface area contributed by atoms with Gasteiger partial charge in [-0.3, -0.25) is 19.7 Å². The highest BCUT2D eigenvalue weighted by Crippen LogP contribution is 2.28. The highest BCUT2D eigenvalue weighted by Gasteiger charge is 2.39. The molecule has 1 unspecified atom stereocenters. The predicted octanol–water partition coefficient (Wildman–Crippen LogP) is 0.879. The van der Waals surface area contributed by atoms with Crippen LogP contribution in [0, 0.1) is 0 Å². The van der Waals surface area contributed by atoms with E-state index in [1.807, 2.05) is 19.2 Å². The molecule has 1 atom stereocenters. The van der Waals surface area contributed by atoms with Crippen molar-refractivity contribution in [2.75, 3.05) is 27.2 Å². The molecule has 7 nitrogen and oxygen atoms in total. The molecular weight excluding hydrogens is 344 g/mol. The second kappa shape index (κ2) is 8.63. The van der Waals surface area contributed by atoms with E-state index in [-0.39, 0.29) is 24.1 Å². The van der Waals surface area contributed by atoms with Gasteiger partial charge in [-0.05, 0) is 63.6 Å². The van der Waals surface area contributed by atoms with E-state index in [9.17, 15) is 14.4 Å². The van der Waals surface area contributed by atoms with Crippen molar-refractivity contribution in [3.05, 3.63) is 34.9 Å². The molecule has 1 saturated heterocycles. The van der Waals surface area contributed by atoms with Crippen molar-refractivity contribution in [1.29, 1.82) is 0 Å². The van der Waals surface area contributed by atoms with Crippen molar-refractivity contribution in [3.63, 3.8) is 0 Å². The first kappa shape index (κ1) is 19.5. The minimum atomic E-state index is -0.555. The van der Waals surface area contributed by atoms with Gasteiger partial charge in [-0.1, -0.05) is 12.1 Å². The van der Waals surface area contributed by atoms with Crippen molar-refractivity contribution in [2.24, 2.45) is 0 Å². The maximum Gasteiger partial charge on any atom is 0.255 e. The SMILES string of the molecule is CNCCCCN(C)Cc1ccc2c(c1)CN(C1CCC(=O)NC1=O)C2=O. The Bertz CT molecular complexity index is 734. The number of unbranched alkanes of at least 4 members (excludes halogenated alkanes) is 1. The van der Waals surface area contributed by atoms with Gasteiger partial charge in [0, 0.05) is 25.1 Å². The van der Waals surface area contributed by atoms with Crippen LogP contribution in [-0.4, -0.2) is 60.7 Å². The lowest BCUT2D eigenvalue weighted by molar-refractivity contribution is -0.136.